The lowest BCUT2D eigenvalue weighted by molar-refractivity contribution is 0.112. The fourth-order valence-electron chi connectivity index (χ4n) is 3.74. The monoisotopic (exact) mass is 449 g/mol. The molecule has 0 unspecified atom stereocenters. The zero-order valence-corrected chi connectivity index (χ0v) is 18.0. The first-order valence-corrected chi connectivity index (χ1v) is 10.5. The van der Waals surface area contributed by atoms with Crippen molar-refractivity contribution in [1.29, 1.82) is 5.26 Å². The van der Waals surface area contributed by atoms with Crippen LogP contribution < -0.4 is 5.32 Å². The third-order valence-electron chi connectivity index (χ3n) is 5.44. The Balaban J connectivity index is 1.53. The number of halogens is 1. The van der Waals surface area contributed by atoms with E-state index in [0.29, 0.717) is 21.8 Å². The molecular formula is C27H16ClN3O2. The van der Waals surface area contributed by atoms with Crippen LogP contribution in [0.2, 0.25) is 5.02 Å². The first kappa shape index (κ1) is 20.5. The maximum Gasteiger partial charge on any atom is 0.150 e. The highest BCUT2D eigenvalue weighted by Crippen LogP contribution is 2.35. The van der Waals surface area contributed by atoms with Crippen molar-refractivity contribution in [3.63, 3.8) is 0 Å². The minimum absolute atomic E-state index is 0.431. The number of fused-ring (bicyclic) bond motifs is 1. The lowest BCUT2D eigenvalue weighted by Gasteiger charge is -2.13. The molecule has 3 aromatic carbocycles. The Morgan fingerprint density at radius 1 is 0.970 bits per heavy atom. The van der Waals surface area contributed by atoms with Gasteiger partial charge in [-0.3, -0.25) is 9.78 Å². The maximum atomic E-state index is 10.9. The molecule has 0 aliphatic heterocycles. The number of nitrogens with one attached hydrogen (secondary N) is 1. The Morgan fingerprint density at radius 3 is 2.48 bits per heavy atom. The van der Waals surface area contributed by atoms with E-state index in [4.69, 9.17) is 16.0 Å². The number of carbonyl (C=O) groups is 1. The summed E-state index contributed by atoms with van der Waals surface area (Å²) < 4.78 is 5.15. The van der Waals surface area contributed by atoms with Crippen LogP contribution >= 0.6 is 11.6 Å². The number of anilines is 2. The van der Waals surface area contributed by atoms with Crippen LogP contribution in [0.5, 0.6) is 0 Å². The first-order chi connectivity index (χ1) is 16.2. The molecule has 0 spiro atoms. The van der Waals surface area contributed by atoms with E-state index >= 15 is 0 Å². The third-order valence-corrected chi connectivity index (χ3v) is 5.75. The quantitative estimate of drug-likeness (QED) is 0.286. The van der Waals surface area contributed by atoms with Gasteiger partial charge in [-0.15, -0.1) is 0 Å². The number of furan rings is 1. The van der Waals surface area contributed by atoms with Crippen molar-refractivity contribution >= 4 is 40.2 Å². The number of aromatic nitrogens is 1. The molecule has 0 amide bonds. The molecule has 0 saturated heterocycles. The molecule has 0 aliphatic rings. The molecule has 0 radical (unpaired) electrons. The lowest BCUT2D eigenvalue weighted by Crippen LogP contribution is -1.97. The molecule has 0 atom stereocenters. The van der Waals surface area contributed by atoms with Crippen LogP contribution in [0.3, 0.4) is 0 Å². The summed E-state index contributed by atoms with van der Waals surface area (Å²) in [7, 11) is 0. The van der Waals surface area contributed by atoms with E-state index in [1.54, 1.807) is 30.9 Å². The second-order valence-corrected chi connectivity index (χ2v) is 7.87. The molecule has 6 heteroatoms. The summed E-state index contributed by atoms with van der Waals surface area (Å²) in [5.41, 5.74) is 6.92. The van der Waals surface area contributed by atoms with Gasteiger partial charge in [-0.2, -0.15) is 5.26 Å². The zero-order valence-electron chi connectivity index (χ0n) is 17.2. The Morgan fingerprint density at radius 2 is 1.79 bits per heavy atom. The van der Waals surface area contributed by atoms with Crippen LogP contribution in [-0.2, 0) is 0 Å². The van der Waals surface area contributed by atoms with Gasteiger partial charge in [0.1, 0.15) is 12.4 Å². The van der Waals surface area contributed by atoms with Crippen LogP contribution in [0.25, 0.3) is 33.2 Å². The molecule has 1 N–H and O–H groups in total. The highest BCUT2D eigenvalue weighted by atomic mass is 35.5. The van der Waals surface area contributed by atoms with Gasteiger partial charge in [0, 0.05) is 34.0 Å². The van der Waals surface area contributed by atoms with Crippen molar-refractivity contribution in [3.05, 3.63) is 102 Å². The van der Waals surface area contributed by atoms with Gasteiger partial charge in [0.2, 0.25) is 0 Å². The van der Waals surface area contributed by atoms with Crippen molar-refractivity contribution in [2.45, 2.75) is 0 Å². The molecule has 2 aromatic heterocycles. The highest BCUT2D eigenvalue weighted by Gasteiger charge is 2.12. The van der Waals surface area contributed by atoms with Crippen LogP contribution in [0.1, 0.15) is 15.9 Å². The summed E-state index contributed by atoms with van der Waals surface area (Å²) in [5, 5.41) is 14.4. The summed E-state index contributed by atoms with van der Waals surface area (Å²) in [5.74, 6) is 0. The molecule has 158 valence electrons. The Labute approximate surface area is 194 Å². The van der Waals surface area contributed by atoms with Crippen molar-refractivity contribution in [2.75, 3.05) is 5.32 Å². The van der Waals surface area contributed by atoms with Gasteiger partial charge >= 0.3 is 0 Å². The first-order valence-electron chi connectivity index (χ1n) is 10.1. The zero-order chi connectivity index (χ0) is 22.8. The Kier molecular flexibility index (Phi) is 5.35. The van der Waals surface area contributed by atoms with Crippen molar-refractivity contribution in [1.82, 2.24) is 4.98 Å². The van der Waals surface area contributed by atoms with Gasteiger partial charge in [0.15, 0.2) is 0 Å². The van der Waals surface area contributed by atoms with E-state index < -0.39 is 0 Å². The number of nitriles is 1. The number of hydrogen-bond acceptors (Lipinski definition) is 5. The Bertz CT molecular complexity index is 1520. The normalized spacial score (nSPS) is 10.7. The van der Waals surface area contributed by atoms with Crippen LogP contribution in [0.4, 0.5) is 11.4 Å². The molecule has 0 saturated carbocycles. The summed E-state index contributed by atoms with van der Waals surface area (Å²) >= 11 is 6.51. The second-order valence-electron chi connectivity index (χ2n) is 7.46. The molecule has 0 aliphatic carbocycles. The van der Waals surface area contributed by atoms with E-state index in [2.05, 4.69) is 16.4 Å². The average molecular weight is 450 g/mol. The van der Waals surface area contributed by atoms with Crippen molar-refractivity contribution in [3.8, 4) is 28.3 Å². The molecular weight excluding hydrogens is 434 g/mol. The number of pyridine rings is 1. The third kappa shape index (κ3) is 3.96. The fourth-order valence-corrected chi connectivity index (χ4v) is 4.03. The molecule has 5 aromatic rings. The minimum Gasteiger partial charge on any atom is -0.472 e. The van der Waals surface area contributed by atoms with Gasteiger partial charge in [0.05, 0.1) is 34.3 Å². The van der Waals surface area contributed by atoms with E-state index in [1.807, 2.05) is 54.6 Å². The largest absolute Gasteiger partial charge is 0.472 e. The topological polar surface area (TPSA) is 78.9 Å². The SMILES string of the molecule is N#Cc1cnc2cc(-c3ccc(C=O)cc3)ccc2c1Nc1ccc(-c2ccoc2)c(Cl)c1. The summed E-state index contributed by atoms with van der Waals surface area (Å²) in [6.45, 7) is 0. The van der Waals surface area contributed by atoms with Gasteiger partial charge in [-0.05, 0) is 35.4 Å². The van der Waals surface area contributed by atoms with Crippen LogP contribution in [0, 0.1) is 11.3 Å². The van der Waals surface area contributed by atoms with Gasteiger partial charge < -0.3 is 9.73 Å². The molecule has 2 heterocycles. The van der Waals surface area contributed by atoms with Crippen molar-refractivity contribution in [2.24, 2.45) is 0 Å². The average Bonchev–Trinajstić information content (AvgIpc) is 3.39. The summed E-state index contributed by atoms with van der Waals surface area (Å²) in [6, 6.07) is 22.9. The van der Waals surface area contributed by atoms with Crippen LogP contribution in [0.15, 0.2) is 89.9 Å². The standard InChI is InChI=1S/C27H16ClN3O2/c28-25-12-22(6-8-23(25)20-9-10-33-16-20)31-27-21(13-29)14-30-26-11-19(5-7-24(26)27)18-3-1-17(15-32)2-4-18/h1-12,14-16H,(H,30,31). The second kappa shape index (κ2) is 8.62. The minimum atomic E-state index is 0.431. The molecule has 5 rings (SSSR count). The van der Waals surface area contributed by atoms with E-state index in [1.165, 1.54) is 0 Å². The smallest absolute Gasteiger partial charge is 0.150 e. The summed E-state index contributed by atoms with van der Waals surface area (Å²) in [4.78, 5) is 15.4. The summed E-state index contributed by atoms with van der Waals surface area (Å²) in [6.07, 6.45) is 5.63. The lowest BCUT2D eigenvalue weighted by atomic mass is 10.0. The van der Waals surface area contributed by atoms with Gasteiger partial charge in [0.25, 0.3) is 0 Å². The highest BCUT2D eigenvalue weighted by molar-refractivity contribution is 6.33. The predicted molar refractivity (Wildman–Crippen MR) is 130 cm³/mol. The van der Waals surface area contributed by atoms with Crippen molar-refractivity contribution < 1.29 is 9.21 Å². The Hall–Kier alpha value is -4.40. The predicted octanol–water partition coefficient (Wildman–Crippen LogP) is 7.24. The van der Waals surface area contributed by atoms with Gasteiger partial charge in [-0.1, -0.05) is 54.1 Å². The molecule has 5 nitrogen and oxygen atoms in total. The maximum absolute atomic E-state index is 10.9. The van der Waals surface area contributed by atoms with E-state index in [9.17, 15) is 10.1 Å². The molecule has 33 heavy (non-hydrogen) atoms. The van der Waals surface area contributed by atoms with E-state index in [-0.39, 0.29) is 0 Å². The van der Waals surface area contributed by atoms with Crippen LogP contribution in [-0.4, -0.2) is 11.3 Å². The number of aldehydes is 1. The molecule has 0 fully saturated rings. The fraction of sp³-hybridized carbons (Fsp3) is 0. The van der Waals surface area contributed by atoms with Gasteiger partial charge in [-0.25, -0.2) is 0 Å². The number of carbonyl (C=O) groups excluding carboxylic acids is 1. The van der Waals surface area contributed by atoms with E-state index in [0.717, 1.165) is 45.1 Å². The number of hydrogen-bond donors (Lipinski definition) is 1. The number of benzene rings is 3. The molecule has 0 bridgehead atoms. The number of nitrogens with zero attached hydrogens (tertiary/aromatic N) is 2. The number of rotatable bonds is 5.